The molecule has 0 unspecified atom stereocenters. The van der Waals surface area contributed by atoms with Crippen LogP contribution in [0.25, 0.3) is 10.9 Å². The maximum absolute atomic E-state index is 13.7. The molecule has 0 saturated carbocycles. The number of para-hydroxylation sites is 1. The topological polar surface area (TPSA) is 83.0 Å². The van der Waals surface area contributed by atoms with Gasteiger partial charge in [0.25, 0.3) is 5.91 Å². The molecule has 3 heterocycles. The Bertz CT molecular complexity index is 1360. The van der Waals surface area contributed by atoms with E-state index in [1.165, 1.54) is 0 Å². The van der Waals surface area contributed by atoms with Gasteiger partial charge in [-0.2, -0.15) is 0 Å². The van der Waals surface area contributed by atoms with Crippen LogP contribution in [0.2, 0.25) is 0 Å². The van der Waals surface area contributed by atoms with E-state index in [1.54, 1.807) is 0 Å². The van der Waals surface area contributed by atoms with E-state index in [9.17, 15) is 4.79 Å². The lowest BCUT2D eigenvalue weighted by atomic mass is 9.95. The molecular weight excluding hydrogens is 424 g/mol. The summed E-state index contributed by atoms with van der Waals surface area (Å²) in [5.41, 5.74) is 6.94. The zero-order valence-electron chi connectivity index (χ0n) is 19.7. The van der Waals surface area contributed by atoms with Crippen LogP contribution in [0.1, 0.15) is 39.9 Å². The molecule has 0 fully saturated rings. The molecule has 0 radical (unpaired) electrons. The Hall–Kier alpha value is -3.84. The summed E-state index contributed by atoms with van der Waals surface area (Å²) in [4.78, 5) is 29.8. The van der Waals surface area contributed by atoms with Crippen LogP contribution in [0.15, 0.2) is 54.6 Å². The largest absolute Gasteiger partial charge is 0.324 e. The molecule has 1 aliphatic heterocycles. The summed E-state index contributed by atoms with van der Waals surface area (Å²) in [5, 5.41) is 7.24. The summed E-state index contributed by atoms with van der Waals surface area (Å²) in [7, 11) is 0. The predicted octanol–water partition coefficient (Wildman–Crippen LogP) is 5.02. The highest BCUT2D eigenvalue weighted by Gasteiger charge is 2.25. The minimum Gasteiger partial charge on any atom is -0.324 e. The summed E-state index contributed by atoms with van der Waals surface area (Å²) >= 11 is 0. The number of nitrogens with zero attached hydrogens (tertiary/aromatic N) is 4. The Morgan fingerprint density at radius 2 is 1.74 bits per heavy atom. The van der Waals surface area contributed by atoms with E-state index in [0.717, 1.165) is 70.9 Å². The average Bonchev–Trinajstić information content (AvgIpc) is 2.81. The Morgan fingerprint density at radius 1 is 0.971 bits per heavy atom. The fourth-order valence-corrected chi connectivity index (χ4v) is 4.55. The van der Waals surface area contributed by atoms with Gasteiger partial charge in [0.05, 0.1) is 11.1 Å². The number of pyridine rings is 1. The van der Waals surface area contributed by atoms with Crippen molar-refractivity contribution in [2.75, 3.05) is 23.7 Å². The van der Waals surface area contributed by atoms with E-state index in [-0.39, 0.29) is 5.91 Å². The van der Waals surface area contributed by atoms with Crippen molar-refractivity contribution in [2.24, 2.45) is 0 Å². The molecule has 2 aromatic carbocycles. The van der Waals surface area contributed by atoms with Crippen molar-refractivity contribution in [3.8, 4) is 0 Å². The van der Waals surface area contributed by atoms with Gasteiger partial charge in [-0.05, 0) is 50.7 Å². The van der Waals surface area contributed by atoms with Crippen LogP contribution in [-0.4, -0.2) is 38.8 Å². The summed E-state index contributed by atoms with van der Waals surface area (Å²) in [5.74, 6) is 0.419. The van der Waals surface area contributed by atoms with Gasteiger partial charge in [0.2, 0.25) is 5.95 Å². The minimum absolute atomic E-state index is 0.118. The minimum atomic E-state index is -0.118. The second-order valence-corrected chi connectivity index (χ2v) is 8.68. The molecule has 0 saturated heterocycles. The molecule has 0 spiro atoms. The van der Waals surface area contributed by atoms with Crippen LogP contribution in [-0.2, 0) is 13.0 Å². The van der Waals surface area contributed by atoms with Crippen LogP contribution in [0, 0.1) is 13.8 Å². The number of hydrogen-bond donors (Lipinski definition) is 2. The first kappa shape index (κ1) is 22.0. The number of amides is 1. The highest BCUT2D eigenvalue weighted by molar-refractivity contribution is 6.13. The third kappa shape index (κ3) is 4.47. The standard InChI is InChI=1S/C27H28N6O/c1-4-33-13-12-24-22(16-33)25(21-10-5-6-11-23(21)32-24)26(34)30-19-8-7-9-20(15-19)31-27-28-17(2)14-18(3)29-27/h5-11,14-15H,4,12-13,16H2,1-3H3,(H,30,34)(H,28,29,31). The fraction of sp³-hybridized carbons (Fsp3) is 0.259. The van der Waals surface area contributed by atoms with E-state index >= 15 is 0 Å². The molecule has 34 heavy (non-hydrogen) atoms. The molecule has 5 rings (SSSR count). The smallest absolute Gasteiger partial charge is 0.256 e. The first-order valence-corrected chi connectivity index (χ1v) is 11.6. The lowest BCUT2D eigenvalue weighted by molar-refractivity contribution is 0.102. The normalized spacial score (nSPS) is 13.5. The number of anilines is 3. The van der Waals surface area contributed by atoms with Gasteiger partial charge in [0, 0.05) is 58.9 Å². The zero-order valence-corrected chi connectivity index (χ0v) is 19.7. The molecule has 0 atom stereocenters. The number of aromatic nitrogens is 3. The van der Waals surface area contributed by atoms with Crippen molar-refractivity contribution in [2.45, 2.75) is 33.7 Å². The van der Waals surface area contributed by atoms with Crippen molar-refractivity contribution >= 4 is 34.1 Å². The first-order valence-electron chi connectivity index (χ1n) is 11.6. The fourth-order valence-electron chi connectivity index (χ4n) is 4.55. The molecule has 4 aromatic rings. The molecular formula is C27H28N6O. The molecule has 7 heteroatoms. The summed E-state index contributed by atoms with van der Waals surface area (Å²) < 4.78 is 0. The highest BCUT2D eigenvalue weighted by Crippen LogP contribution is 2.29. The molecule has 2 N–H and O–H groups in total. The third-order valence-corrected chi connectivity index (χ3v) is 6.16. The number of carbonyl (C=O) groups is 1. The summed E-state index contributed by atoms with van der Waals surface area (Å²) in [6, 6.07) is 17.4. The van der Waals surface area contributed by atoms with Gasteiger partial charge >= 0.3 is 0 Å². The molecule has 7 nitrogen and oxygen atoms in total. The summed E-state index contributed by atoms with van der Waals surface area (Å²) in [6.07, 6.45) is 0.851. The average molecular weight is 453 g/mol. The number of nitrogens with one attached hydrogen (secondary N) is 2. The van der Waals surface area contributed by atoms with Gasteiger partial charge in [-0.25, -0.2) is 9.97 Å². The number of aryl methyl sites for hydroxylation is 2. The van der Waals surface area contributed by atoms with E-state index in [4.69, 9.17) is 4.98 Å². The maximum atomic E-state index is 13.7. The third-order valence-electron chi connectivity index (χ3n) is 6.16. The van der Waals surface area contributed by atoms with Gasteiger partial charge in [-0.3, -0.25) is 14.7 Å². The van der Waals surface area contributed by atoms with Crippen molar-refractivity contribution in [1.82, 2.24) is 19.9 Å². The van der Waals surface area contributed by atoms with E-state index in [2.05, 4.69) is 32.4 Å². The van der Waals surface area contributed by atoms with Gasteiger partial charge in [-0.15, -0.1) is 0 Å². The van der Waals surface area contributed by atoms with Crippen molar-refractivity contribution in [3.63, 3.8) is 0 Å². The van der Waals surface area contributed by atoms with Gasteiger partial charge < -0.3 is 10.6 Å². The number of hydrogen-bond acceptors (Lipinski definition) is 6. The van der Waals surface area contributed by atoms with Crippen molar-refractivity contribution in [1.29, 1.82) is 0 Å². The van der Waals surface area contributed by atoms with E-state index < -0.39 is 0 Å². The van der Waals surface area contributed by atoms with Crippen LogP contribution in [0.4, 0.5) is 17.3 Å². The molecule has 172 valence electrons. The Kier molecular flexibility index (Phi) is 5.94. The quantitative estimate of drug-likeness (QED) is 0.443. The second kappa shape index (κ2) is 9.19. The number of rotatable bonds is 5. The van der Waals surface area contributed by atoms with Gasteiger partial charge in [-0.1, -0.05) is 31.2 Å². The molecule has 0 bridgehead atoms. The van der Waals surface area contributed by atoms with E-state index in [1.807, 2.05) is 68.4 Å². The predicted molar refractivity (Wildman–Crippen MR) is 136 cm³/mol. The van der Waals surface area contributed by atoms with E-state index in [0.29, 0.717) is 11.6 Å². The van der Waals surface area contributed by atoms with Crippen LogP contribution >= 0.6 is 0 Å². The number of likely N-dealkylation sites (N-methyl/N-ethyl adjacent to an activating group) is 1. The Morgan fingerprint density at radius 3 is 2.53 bits per heavy atom. The lowest BCUT2D eigenvalue weighted by Gasteiger charge is -2.29. The van der Waals surface area contributed by atoms with Crippen molar-refractivity contribution < 1.29 is 4.79 Å². The maximum Gasteiger partial charge on any atom is 0.256 e. The van der Waals surface area contributed by atoms with Crippen LogP contribution in [0.3, 0.4) is 0 Å². The number of carbonyl (C=O) groups excluding carboxylic acids is 1. The monoisotopic (exact) mass is 452 g/mol. The molecule has 1 aliphatic rings. The first-order chi connectivity index (χ1) is 16.5. The molecule has 2 aromatic heterocycles. The second-order valence-electron chi connectivity index (χ2n) is 8.68. The number of benzene rings is 2. The molecule has 1 amide bonds. The summed E-state index contributed by atoms with van der Waals surface area (Å²) in [6.45, 7) is 8.67. The zero-order chi connectivity index (χ0) is 23.7. The van der Waals surface area contributed by atoms with Gasteiger partial charge in [0.15, 0.2) is 0 Å². The lowest BCUT2D eigenvalue weighted by Crippen LogP contribution is -2.33. The Balaban J connectivity index is 1.47. The SMILES string of the molecule is CCN1CCc2nc3ccccc3c(C(=O)Nc3cccc(Nc4nc(C)cc(C)n4)c3)c2C1. The molecule has 0 aliphatic carbocycles. The highest BCUT2D eigenvalue weighted by atomic mass is 16.1. The Labute approximate surface area is 199 Å². The van der Waals surface area contributed by atoms with Crippen LogP contribution < -0.4 is 10.6 Å². The van der Waals surface area contributed by atoms with Crippen LogP contribution in [0.5, 0.6) is 0 Å². The van der Waals surface area contributed by atoms with Crippen molar-refractivity contribution in [3.05, 3.63) is 82.8 Å². The van der Waals surface area contributed by atoms with Gasteiger partial charge in [0.1, 0.15) is 0 Å². The number of fused-ring (bicyclic) bond motifs is 2.